The molecule has 0 aliphatic heterocycles. The third kappa shape index (κ3) is 5.47. The molecule has 2 heteroatoms. The van der Waals surface area contributed by atoms with Crippen molar-refractivity contribution in [3.05, 3.63) is 245 Å². The predicted octanol–water partition coefficient (Wildman–Crippen LogP) is 14.7. The number of fused-ring (bicyclic) bond motifs is 5. The molecule has 2 nitrogen and oxygen atoms in total. The molecule has 0 radical (unpaired) electrons. The van der Waals surface area contributed by atoms with Crippen molar-refractivity contribution >= 4 is 38.9 Å². The van der Waals surface area contributed by atoms with Gasteiger partial charge in [0.05, 0.1) is 5.41 Å². The molecule has 8 aromatic rings. The zero-order chi connectivity index (χ0) is 38.6. The van der Waals surface area contributed by atoms with E-state index in [9.17, 15) is 0 Å². The molecule has 1 aromatic heterocycles. The van der Waals surface area contributed by atoms with Gasteiger partial charge in [-0.05, 0) is 111 Å². The van der Waals surface area contributed by atoms with Crippen molar-refractivity contribution in [1.82, 2.24) is 0 Å². The van der Waals surface area contributed by atoms with Crippen molar-refractivity contribution in [2.24, 2.45) is 5.92 Å². The second-order valence-corrected chi connectivity index (χ2v) is 16.0. The van der Waals surface area contributed by atoms with E-state index in [1.807, 2.05) is 0 Å². The maximum absolute atomic E-state index is 6.81. The van der Waals surface area contributed by atoms with Crippen LogP contribution in [0.4, 0.5) is 11.4 Å². The minimum Gasteiger partial charge on any atom is -0.456 e. The average molecular weight is 746 g/mol. The number of nitrogens with zero attached hydrogens (tertiary/aromatic N) is 1. The SMILES string of the molecule is CC1C=C(N(c2ccc(-c3ccccc3)cc2)c2ccc3oc4cc([C@]5(c6ccccc6)C6=C(CCC=C6)c6ccccc65)ccc4c3c2)C=CC1c1ccccc1. The molecule has 278 valence electrons. The van der Waals surface area contributed by atoms with Crippen molar-refractivity contribution in [3.8, 4) is 11.1 Å². The highest BCUT2D eigenvalue weighted by atomic mass is 16.3. The second-order valence-electron chi connectivity index (χ2n) is 16.0. The zero-order valence-electron chi connectivity index (χ0n) is 32.6. The van der Waals surface area contributed by atoms with Gasteiger partial charge in [-0.1, -0.05) is 171 Å². The molecule has 58 heavy (non-hydrogen) atoms. The van der Waals surface area contributed by atoms with Crippen molar-refractivity contribution in [3.63, 3.8) is 0 Å². The summed E-state index contributed by atoms with van der Waals surface area (Å²) in [5.41, 5.74) is 16.6. The van der Waals surface area contributed by atoms with E-state index >= 15 is 0 Å². The summed E-state index contributed by atoms with van der Waals surface area (Å²) in [5.74, 6) is 0.640. The first-order valence-corrected chi connectivity index (χ1v) is 20.6. The van der Waals surface area contributed by atoms with E-state index in [2.05, 4.69) is 218 Å². The molecule has 7 aromatic carbocycles. The first-order chi connectivity index (χ1) is 28.7. The number of allylic oxidation sites excluding steroid dienone is 7. The molecule has 0 N–H and O–H groups in total. The van der Waals surface area contributed by atoms with E-state index in [4.69, 9.17) is 4.42 Å². The third-order valence-corrected chi connectivity index (χ3v) is 12.7. The Bertz CT molecular complexity index is 2950. The number of hydrogen-bond donors (Lipinski definition) is 0. The van der Waals surface area contributed by atoms with Crippen LogP contribution in [0.1, 0.15) is 53.5 Å². The second kappa shape index (κ2) is 13.9. The van der Waals surface area contributed by atoms with Crippen LogP contribution in [0.3, 0.4) is 0 Å². The smallest absolute Gasteiger partial charge is 0.135 e. The van der Waals surface area contributed by atoms with Crippen molar-refractivity contribution in [2.45, 2.75) is 31.1 Å². The van der Waals surface area contributed by atoms with Crippen LogP contribution < -0.4 is 4.90 Å². The Morgan fingerprint density at radius 3 is 2.09 bits per heavy atom. The lowest BCUT2D eigenvalue weighted by Gasteiger charge is -2.35. The standard InChI is InChI=1S/C56H43NO/c1-38-35-45(30-33-47(38)41-17-7-3-8-18-41)57(44-28-25-40(26-29-44)39-15-5-2-6-16-39)46-31-34-54-51(37-46)50-32-27-43(36-55(50)58-54)56(42-19-9-4-10-20-42)52-23-13-11-21-48(52)49-22-12-14-24-53(49)56/h2-11,13-21,23-38,47H,12,22H2,1H3/t38?,47?,56-/m0/s1. The molecular weight excluding hydrogens is 703 g/mol. The van der Waals surface area contributed by atoms with Crippen LogP contribution >= 0.6 is 0 Å². The molecule has 0 saturated heterocycles. The van der Waals surface area contributed by atoms with E-state index in [0.717, 1.165) is 51.9 Å². The Morgan fingerprint density at radius 1 is 0.586 bits per heavy atom. The summed E-state index contributed by atoms with van der Waals surface area (Å²) in [6.45, 7) is 2.33. The van der Waals surface area contributed by atoms with Gasteiger partial charge in [-0.3, -0.25) is 0 Å². The largest absolute Gasteiger partial charge is 0.456 e. The summed E-state index contributed by atoms with van der Waals surface area (Å²) in [4.78, 5) is 2.40. The Kier molecular flexibility index (Phi) is 8.25. The molecular formula is C56H43NO. The molecule has 2 unspecified atom stereocenters. The van der Waals surface area contributed by atoms with Gasteiger partial charge in [0.1, 0.15) is 11.2 Å². The fraction of sp³-hybridized carbons (Fsp3) is 0.107. The lowest BCUT2D eigenvalue weighted by molar-refractivity contribution is 0.628. The molecule has 0 amide bonds. The Labute approximate surface area is 340 Å². The van der Waals surface area contributed by atoms with Gasteiger partial charge in [0.2, 0.25) is 0 Å². The summed E-state index contributed by atoms with van der Waals surface area (Å²) < 4.78 is 6.81. The van der Waals surface area contributed by atoms with Crippen LogP contribution in [0.2, 0.25) is 0 Å². The predicted molar refractivity (Wildman–Crippen MR) is 241 cm³/mol. The van der Waals surface area contributed by atoms with E-state index < -0.39 is 5.41 Å². The van der Waals surface area contributed by atoms with Gasteiger partial charge in [-0.25, -0.2) is 0 Å². The molecule has 11 rings (SSSR count). The number of furan rings is 1. The van der Waals surface area contributed by atoms with Crippen LogP contribution in [0.5, 0.6) is 0 Å². The van der Waals surface area contributed by atoms with E-state index in [0.29, 0.717) is 11.8 Å². The van der Waals surface area contributed by atoms with Crippen LogP contribution in [0.15, 0.2) is 222 Å². The monoisotopic (exact) mass is 745 g/mol. The third-order valence-electron chi connectivity index (χ3n) is 12.7. The van der Waals surface area contributed by atoms with Gasteiger partial charge in [-0.15, -0.1) is 0 Å². The minimum atomic E-state index is -0.431. The van der Waals surface area contributed by atoms with Gasteiger partial charge in [0.15, 0.2) is 0 Å². The molecule has 0 fully saturated rings. The van der Waals surface area contributed by atoms with Crippen molar-refractivity contribution in [1.29, 1.82) is 0 Å². The summed E-state index contributed by atoms with van der Waals surface area (Å²) in [6, 6.07) is 64.1. The Balaban J connectivity index is 1.04. The highest BCUT2D eigenvalue weighted by Crippen LogP contribution is 2.57. The fourth-order valence-electron chi connectivity index (χ4n) is 10.1. The van der Waals surface area contributed by atoms with Gasteiger partial charge < -0.3 is 9.32 Å². The van der Waals surface area contributed by atoms with Gasteiger partial charge in [-0.2, -0.15) is 0 Å². The molecule has 0 spiro atoms. The average Bonchev–Trinajstić information content (AvgIpc) is 3.81. The van der Waals surface area contributed by atoms with E-state index in [1.165, 1.54) is 50.1 Å². The summed E-state index contributed by atoms with van der Waals surface area (Å²) >= 11 is 0. The quantitative estimate of drug-likeness (QED) is 0.162. The summed E-state index contributed by atoms with van der Waals surface area (Å²) in [6.07, 6.45) is 14.0. The maximum Gasteiger partial charge on any atom is 0.135 e. The zero-order valence-corrected chi connectivity index (χ0v) is 32.6. The van der Waals surface area contributed by atoms with Crippen LogP contribution in [0, 0.1) is 5.92 Å². The highest BCUT2D eigenvalue weighted by Gasteiger charge is 2.47. The first kappa shape index (κ1) is 34.4. The van der Waals surface area contributed by atoms with Crippen LogP contribution in [0.25, 0.3) is 38.6 Å². The highest BCUT2D eigenvalue weighted by molar-refractivity contribution is 6.07. The van der Waals surface area contributed by atoms with Gasteiger partial charge >= 0.3 is 0 Å². The van der Waals surface area contributed by atoms with Crippen LogP contribution in [-0.4, -0.2) is 0 Å². The summed E-state index contributed by atoms with van der Waals surface area (Å²) in [5, 5.41) is 2.23. The lowest BCUT2D eigenvalue weighted by Crippen LogP contribution is -2.29. The Hall–Kier alpha value is -6.90. The molecule has 3 aliphatic carbocycles. The lowest BCUT2D eigenvalue weighted by atomic mass is 9.66. The molecule has 3 aliphatic rings. The van der Waals surface area contributed by atoms with E-state index in [-0.39, 0.29) is 0 Å². The first-order valence-electron chi connectivity index (χ1n) is 20.6. The molecule has 3 atom stereocenters. The number of anilines is 2. The number of hydrogen-bond acceptors (Lipinski definition) is 2. The molecule has 1 heterocycles. The minimum absolute atomic E-state index is 0.317. The molecule has 0 saturated carbocycles. The summed E-state index contributed by atoms with van der Waals surface area (Å²) in [7, 11) is 0. The number of benzene rings is 7. The van der Waals surface area contributed by atoms with Crippen LogP contribution in [-0.2, 0) is 5.41 Å². The van der Waals surface area contributed by atoms with Gasteiger partial charge in [0, 0.05) is 33.8 Å². The number of rotatable bonds is 7. The Morgan fingerprint density at radius 2 is 1.29 bits per heavy atom. The van der Waals surface area contributed by atoms with E-state index in [1.54, 1.807) is 0 Å². The van der Waals surface area contributed by atoms with Gasteiger partial charge in [0.25, 0.3) is 0 Å². The topological polar surface area (TPSA) is 16.4 Å². The maximum atomic E-state index is 6.81. The van der Waals surface area contributed by atoms with Crippen molar-refractivity contribution in [2.75, 3.05) is 4.90 Å². The normalized spacial score (nSPS) is 19.6. The molecule has 0 bridgehead atoms. The van der Waals surface area contributed by atoms with Crippen molar-refractivity contribution < 1.29 is 4.42 Å². The fourth-order valence-corrected chi connectivity index (χ4v) is 10.1.